The molecule has 1 aliphatic heterocycles. The van der Waals surface area contributed by atoms with E-state index in [-0.39, 0.29) is 12.2 Å². The second-order valence-corrected chi connectivity index (χ2v) is 4.16. The third-order valence-electron chi connectivity index (χ3n) is 2.34. The molecule has 3 nitrogen and oxygen atoms in total. The Labute approximate surface area is 91.4 Å². The Morgan fingerprint density at radius 2 is 2.00 bits per heavy atom. The van der Waals surface area contributed by atoms with E-state index in [0.29, 0.717) is 6.42 Å². The van der Waals surface area contributed by atoms with Gasteiger partial charge in [0.25, 0.3) is 0 Å². The largest absolute Gasteiger partial charge is 0.389 e. The van der Waals surface area contributed by atoms with Crippen LogP contribution in [0.1, 0.15) is 27.2 Å². The lowest BCUT2D eigenvalue weighted by Gasteiger charge is -2.15. The van der Waals surface area contributed by atoms with Crippen molar-refractivity contribution >= 4 is 0 Å². The first-order chi connectivity index (χ1) is 6.98. The van der Waals surface area contributed by atoms with Crippen LogP contribution in [-0.2, 0) is 9.47 Å². The van der Waals surface area contributed by atoms with Gasteiger partial charge in [-0.05, 0) is 20.3 Å². The minimum atomic E-state index is -0.578. The Kier molecular flexibility index (Phi) is 4.08. The molecule has 1 N–H and O–H groups in total. The zero-order valence-electron chi connectivity index (χ0n) is 9.64. The standard InChI is InChI=1S/C12H20O3/c1-5-9(13)7-8-11-10(6-2)14-12(3,4)15-11/h6-11,13H,2,5H2,1,3-4H3/b8-7+/t9-,10-,11-/m0/s1. The first-order valence-corrected chi connectivity index (χ1v) is 5.33. The van der Waals surface area contributed by atoms with Crippen molar-refractivity contribution in [3.8, 4) is 0 Å². The normalized spacial score (nSPS) is 32.0. The summed E-state index contributed by atoms with van der Waals surface area (Å²) in [6, 6.07) is 0. The fourth-order valence-corrected chi connectivity index (χ4v) is 1.52. The molecule has 1 heterocycles. The van der Waals surface area contributed by atoms with Crippen LogP contribution in [0.5, 0.6) is 0 Å². The molecule has 0 aromatic carbocycles. The fraction of sp³-hybridized carbons (Fsp3) is 0.667. The van der Waals surface area contributed by atoms with Crippen molar-refractivity contribution < 1.29 is 14.6 Å². The van der Waals surface area contributed by atoms with Crippen LogP contribution >= 0.6 is 0 Å². The average Bonchev–Trinajstić information content (AvgIpc) is 2.49. The lowest BCUT2D eigenvalue weighted by Crippen LogP contribution is -2.20. The van der Waals surface area contributed by atoms with Gasteiger partial charge in [0.05, 0.1) is 6.10 Å². The second kappa shape index (κ2) is 4.92. The van der Waals surface area contributed by atoms with Crippen LogP contribution in [0.3, 0.4) is 0 Å². The maximum atomic E-state index is 9.40. The molecular formula is C12H20O3. The Morgan fingerprint density at radius 3 is 2.53 bits per heavy atom. The summed E-state index contributed by atoms with van der Waals surface area (Å²) in [6.45, 7) is 9.37. The molecule has 0 aliphatic carbocycles. The van der Waals surface area contributed by atoms with E-state index in [4.69, 9.17) is 9.47 Å². The van der Waals surface area contributed by atoms with E-state index < -0.39 is 11.9 Å². The molecule has 0 spiro atoms. The summed E-state index contributed by atoms with van der Waals surface area (Å²) in [7, 11) is 0. The molecular weight excluding hydrogens is 192 g/mol. The highest BCUT2D eigenvalue weighted by molar-refractivity contribution is 5.05. The highest BCUT2D eigenvalue weighted by Gasteiger charge is 2.38. The monoisotopic (exact) mass is 212 g/mol. The van der Waals surface area contributed by atoms with Gasteiger partial charge in [-0.2, -0.15) is 0 Å². The van der Waals surface area contributed by atoms with Crippen LogP contribution in [0.15, 0.2) is 24.8 Å². The fourth-order valence-electron chi connectivity index (χ4n) is 1.52. The molecule has 1 aliphatic rings. The Hall–Kier alpha value is -0.640. The van der Waals surface area contributed by atoms with E-state index in [2.05, 4.69) is 6.58 Å². The van der Waals surface area contributed by atoms with Crippen LogP contribution in [0, 0.1) is 0 Å². The van der Waals surface area contributed by atoms with E-state index in [1.54, 1.807) is 12.2 Å². The van der Waals surface area contributed by atoms with Crippen LogP contribution in [0.4, 0.5) is 0 Å². The number of aliphatic hydroxyl groups is 1. The van der Waals surface area contributed by atoms with Crippen molar-refractivity contribution in [2.75, 3.05) is 0 Å². The summed E-state index contributed by atoms with van der Waals surface area (Å²) < 4.78 is 11.3. The third kappa shape index (κ3) is 3.45. The Balaban J connectivity index is 2.61. The van der Waals surface area contributed by atoms with Gasteiger partial charge in [-0.3, -0.25) is 0 Å². The Bertz CT molecular complexity index is 245. The van der Waals surface area contributed by atoms with Gasteiger partial charge >= 0.3 is 0 Å². The van der Waals surface area contributed by atoms with Crippen LogP contribution in [0.25, 0.3) is 0 Å². The molecule has 0 bridgehead atoms. The highest BCUT2D eigenvalue weighted by atomic mass is 16.7. The minimum Gasteiger partial charge on any atom is -0.389 e. The first-order valence-electron chi connectivity index (χ1n) is 5.33. The van der Waals surface area contributed by atoms with Crippen molar-refractivity contribution in [3.63, 3.8) is 0 Å². The summed E-state index contributed by atoms with van der Waals surface area (Å²) in [5.74, 6) is -0.578. The van der Waals surface area contributed by atoms with Crippen molar-refractivity contribution in [2.45, 2.75) is 51.3 Å². The van der Waals surface area contributed by atoms with Crippen LogP contribution in [-0.4, -0.2) is 29.2 Å². The first kappa shape index (κ1) is 12.4. The maximum Gasteiger partial charge on any atom is 0.164 e. The Morgan fingerprint density at radius 1 is 1.40 bits per heavy atom. The van der Waals surface area contributed by atoms with Crippen LogP contribution in [0.2, 0.25) is 0 Å². The molecule has 1 rings (SSSR count). The number of rotatable bonds is 4. The van der Waals surface area contributed by atoms with E-state index in [1.165, 1.54) is 0 Å². The van der Waals surface area contributed by atoms with Gasteiger partial charge in [0.15, 0.2) is 5.79 Å². The molecule has 1 fully saturated rings. The predicted molar refractivity (Wildman–Crippen MR) is 59.5 cm³/mol. The van der Waals surface area contributed by atoms with E-state index in [9.17, 15) is 5.11 Å². The SMILES string of the molecule is C=C[C@@H]1OC(C)(C)O[C@H]1/C=C/[C@@H](O)CC. The van der Waals surface area contributed by atoms with Gasteiger partial charge in [0.2, 0.25) is 0 Å². The lowest BCUT2D eigenvalue weighted by molar-refractivity contribution is -0.139. The molecule has 0 radical (unpaired) electrons. The van der Waals surface area contributed by atoms with E-state index in [1.807, 2.05) is 26.8 Å². The van der Waals surface area contributed by atoms with Crippen molar-refractivity contribution in [1.82, 2.24) is 0 Å². The highest BCUT2D eigenvalue weighted by Crippen LogP contribution is 2.29. The predicted octanol–water partition coefficient (Wildman–Crippen LogP) is 2.02. The van der Waals surface area contributed by atoms with Gasteiger partial charge in [-0.1, -0.05) is 25.2 Å². The topological polar surface area (TPSA) is 38.7 Å². The molecule has 3 heteroatoms. The maximum absolute atomic E-state index is 9.40. The van der Waals surface area contributed by atoms with Gasteiger partial charge in [0.1, 0.15) is 12.2 Å². The van der Waals surface area contributed by atoms with Crippen molar-refractivity contribution in [2.24, 2.45) is 0 Å². The molecule has 0 saturated carbocycles. The zero-order chi connectivity index (χ0) is 11.5. The number of ether oxygens (including phenoxy) is 2. The molecule has 15 heavy (non-hydrogen) atoms. The summed E-state index contributed by atoms with van der Waals surface area (Å²) >= 11 is 0. The molecule has 86 valence electrons. The molecule has 0 unspecified atom stereocenters. The summed E-state index contributed by atoms with van der Waals surface area (Å²) in [6.07, 6.45) is 5.30. The number of hydrogen-bond acceptors (Lipinski definition) is 3. The van der Waals surface area contributed by atoms with Gasteiger partial charge in [-0.15, -0.1) is 6.58 Å². The molecule has 0 aromatic rings. The number of hydrogen-bond donors (Lipinski definition) is 1. The quantitative estimate of drug-likeness (QED) is 0.725. The van der Waals surface area contributed by atoms with E-state index in [0.717, 1.165) is 0 Å². The minimum absolute atomic E-state index is 0.139. The van der Waals surface area contributed by atoms with Crippen LogP contribution < -0.4 is 0 Å². The van der Waals surface area contributed by atoms with E-state index >= 15 is 0 Å². The average molecular weight is 212 g/mol. The summed E-state index contributed by atoms with van der Waals surface area (Å²) in [5, 5.41) is 9.40. The van der Waals surface area contributed by atoms with Gasteiger partial charge in [-0.25, -0.2) is 0 Å². The molecule has 3 atom stereocenters. The smallest absolute Gasteiger partial charge is 0.164 e. The summed E-state index contributed by atoms with van der Waals surface area (Å²) in [5.41, 5.74) is 0. The molecule has 0 aromatic heterocycles. The van der Waals surface area contributed by atoms with Gasteiger partial charge in [0, 0.05) is 0 Å². The zero-order valence-corrected chi connectivity index (χ0v) is 9.64. The number of aliphatic hydroxyl groups excluding tert-OH is 1. The molecule has 0 amide bonds. The van der Waals surface area contributed by atoms with Crippen molar-refractivity contribution in [1.29, 1.82) is 0 Å². The van der Waals surface area contributed by atoms with Gasteiger partial charge < -0.3 is 14.6 Å². The molecule has 1 saturated heterocycles. The summed E-state index contributed by atoms with van der Waals surface area (Å²) in [4.78, 5) is 0. The van der Waals surface area contributed by atoms with Crippen molar-refractivity contribution in [3.05, 3.63) is 24.8 Å². The third-order valence-corrected chi connectivity index (χ3v) is 2.34. The second-order valence-electron chi connectivity index (χ2n) is 4.16. The lowest BCUT2D eigenvalue weighted by atomic mass is 10.1.